The zero-order valence-electron chi connectivity index (χ0n) is 15.4. The largest absolute Gasteiger partial charge is 0.444 e. The summed E-state index contributed by atoms with van der Waals surface area (Å²) >= 11 is 0. The molecule has 1 saturated carbocycles. The fourth-order valence-electron chi connectivity index (χ4n) is 3.00. The van der Waals surface area contributed by atoms with Gasteiger partial charge in [0.1, 0.15) is 5.60 Å². The highest BCUT2D eigenvalue weighted by atomic mass is 16.6. The summed E-state index contributed by atoms with van der Waals surface area (Å²) < 4.78 is 5.29. The van der Waals surface area contributed by atoms with Gasteiger partial charge in [-0.2, -0.15) is 0 Å². The molecule has 2 atom stereocenters. The van der Waals surface area contributed by atoms with Crippen LogP contribution in [0, 0.1) is 5.41 Å². The van der Waals surface area contributed by atoms with Gasteiger partial charge in [0, 0.05) is 18.6 Å². The summed E-state index contributed by atoms with van der Waals surface area (Å²) in [5.74, 6) is 0. The number of carbonyl (C=O) groups excluding carboxylic acids is 1. The first kappa shape index (κ1) is 19.3. The van der Waals surface area contributed by atoms with Gasteiger partial charge in [0.25, 0.3) is 0 Å². The lowest BCUT2D eigenvalue weighted by molar-refractivity contribution is 0.0521. The van der Waals surface area contributed by atoms with Crippen LogP contribution in [0.25, 0.3) is 0 Å². The summed E-state index contributed by atoms with van der Waals surface area (Å²) in [6, 6.07) is 0.894. The lowest BCUT2D eigenvalue weighted by Crippen LogP contribution is -2.46. The van der Waals surface area contributed by atoms with Gasteiger partial charge in [-0.3, -0.25) is 0 Å². The zero-order chi connectivity index (χ0) is 16.8. The molecule has 0 spiro atoms. The Morgan fingerprint density at radius 1 is 1.27 bits per heavy atom. The van der Waals surface area contributed by atoms with E-state index in [4.69, 9.17) is 4.74 Å². The van der Waals surface area contributed by atoms with Gasteiger partial charge in [-0.05, 0) is 58.3 Å². The van der Waals surface area contributed by atoms with Crippen molar-refractivity contribution in [1.29, 1.82) is 0 Å². The van der Waals surface area contributed by atoms with E-state index in [1.807, 2.05) is 20.8 Å². The number of hydrogen-bond donors (Lipinski definition) is 2. The van der Waals surface area contributed by atoms with E-state index >= 15 is 0 Å². The van der Waals surface area contributed by atoms with Gasteiger partial charge < -0.3 is 15.4 Å². The second-order valence-electron chi connectivity index (χ2n) is 8.45. The molecule has 0 aliphatic heterocycles. The first-order valence-corrected chi connectivity index (χ1v) is 8.84. The summed E-state index contributed by atoms with van der Waals surface area (Å²) in [6.45, 7) is 13.2. The van der Waals surface area contributed by atoms with E-state index in [0.717, 1.165) is 6.42 Å². The Bertz CT molecular complexity index is 347. The molecule has 1 aliphatic rings. The molecule has 22 heavy (non-hydrogen) atoms. The molecule has 4 nitrogen and oxygen atoms in total. The van der Waals surface area contributed by atoms with Crippen LogP contribution in [-0.2, 0) is 4.74 Å². The molecule has 2 unspecified atom stereocenters. The predicted molar refractivity (Wildman–Crippen MR) is 92.1 cm³/mol. The predicted octanol–water partition coefficient (Wildman–Crippen LogP) is 4.24. The van der Waals surface area contributed by atoms with Gasteiger partial charge in [-0.1, -0.05) is 27.2 Å². The van der Waals surface area contributed by atoms with Gasteiger partial charge >= 0.3 is 6.09 Å². The number of rotatable bonds is 5. The van der Waals surface area contributed by atoms with Crippen molar-refractivity contribution >= 4 is 6.09 Å². The Kier molecular flexibility index (Phi) is 7.17. The molecule has 0 heterocycles. The zero-order valence-corrected chi connectivity index (χ0v) is 15.4. The Balaban J connectivity index is 2.37. The third-order valence-electron chi connectivity index (χ3n) is 4.43. The van der Waals surface area contributed by atoms with Crippen LogP contribution in [0.5, 0.6) is 0 Å². The van der Waals surface area contributed by atoms with Crippen molar-refractivity contribution in [3.05, 3.63) is 0 Å². The molecule has 0 saturated heterocycles. The maximum absolute atomic E-state index is 11.8. The molecule has 2 N–H and O–H groups in total. The lowest BCUT2D eigenvalue weighted by atomic mass is 9.85. The maximum Gasteiger partial charge on any atom is 0.407 e. The first-order chi connectivity index (χ1) is 10.1. The van der Waals surface area contributed by atoms with Crippen molar-refractivity contribution < 1.29 is 9.53 Å². The number of amides is 1. The van der Waals surface area contributed by atoms with Crippen molar-refractivity contribution in [1.82, 2.24) is 10.6 Å². The quantitative estimate of drug-likeness (QED) is 0.747. The summed E-state index contributed by atoms with van der Waals surface area (Å²) in [5, 5.41) is 6.62. The number of ether oxygens (including phenoxy) is 1. The molecule has 1 amide bonds. The van der Waals surface area contributed by atoms with Crippen molar-refractivity contribution in [2.24, 2.45) is 5.41 Å². The molecular formula is C18H36N2O2. The number of carbonyl (C=O) groups is 1. The molecule has 0 bridgehead atoms. The molecule has 1 fully saturated rings. The van der Waals surface area contributed by atoms with Crippen LogP contribution >= 0.6 is 0 Å². The average Bonchev–Trinajstić information content (AvgIpc) is 2.53. The lowest BCUT2D eigenvalue weighted by Gasteiger charge is -2.26. The monoisotopic (exact) mass is 312 g/mol. The molecular weight excluding hydrogens is 276 g/mol. The van der Waals surface area contributed by atoms with E-state index < -0.39 is 5.60 Å². The number of hydrogen-bond acceptors (Lipinski definition) is 3. The smallest absolute Gasteiger partial charge is 0.407 e. The van der Waals surface area contributed by atoms with E-state index in [0.29, 0.717) is 24.0 Å². The summed E-state index contributed by atoms with van der Waals surface area (Å²) in [4.78, 5) is 11.8. The fraction of sp³-hybridized carbons (Fsp3) is 0.944. The average molecular weight is 312 g/mol. The third-order valence-corrected chi connectivity index (χ3v) is 4.43. The van der Waals surface area contributed by atoms with E-state index in [1.54, 1.807) is 0 Å². The van der Waals surface area contributed by atoms with Crippen LogP contribution in [0.3, 0.4) is 0 Å². The van der Waals surface area contributed by atoms with Crippen LogP contribution in [0.1, 0.15) is 80.1 Å². The van der Waals surface area contributed by atoms with Crippen LogP contribution in [0.15, 0.2) is 0 Å². The van der Waals surface area contributed by atoms with Gasteiger partial charge in [0.15, 0.2) is 0 Å². The molecule has 130 valence electrons. The minimum atomic E-state index is -0.438. The van der Waals surface area contributed by atoms with Gasteiger partial charge in [0.05, 0.1) is 0 Å². The van der Waals surface area contributed by atoms with Crippen molar-refractivity contribution in [3.63, 3.8) is 0 Å². The van der Waals surface area contributed by atoms with Crippen molar-refractivity contribution in [3.8, 4) is 0 Å². The van der Waals surface area contributed by atoms with Crippen LogP contribution in [-0.4, -0.2) is 30.3 Å². The molecule has 0 radical (unpaired) electrons. The summed E-state index contributed by atoms with van der Waals surface area (Å²) in [6.07, 6.45) is 7.05. The Morgan fingerprint density at radius 3 is 2.55 bits per heavy atom. The second-order valence-corrected chi connectivity index (χ2v) is 8.45. The highest BCUT2D eigenvalue weighted by Gasteiger charge is 2.25. The van der Waals surface area contributed by atoms with Gasteiger partial charge in [0.2, 0.25) is 0 Å². The number of nitrogens with one attached hydrogen (secondary N) is 2. The standard InChI is InChI=1S/C18H36N2O2/c1-7-14(13-19-16(21)22-17(2,3)4)20-15-9-8-11-18(5,6)12-10-15/h14-15,20H,7-13H2,1-6H3,(H,19,21). The van der Waals surface area contributed by atoms with Crippen molar-refractivity contribution in [2.75, 3.05) is 6.54 Å². The summed E-state index contributed by atoms with van der Waals surface area (Å²) in [5.41, 5.74) is 0.0407. The Hall–Kier alpha value is -0.770. The maximum atomic E-state index is 11.8. The van der Waals surface area contributed by atoms with Gasteiger partial charge in [-0.25, -0.2) is 4.79 Å². The summed E-state index contributed by atoms with van der Waals surface area (Å²) in [7, 11) is 0. The molecule has 0 aromatic carbocycles. The topological polar surface area (TPSA) is 50.4 Å². The highest BCUT2D eigenvalue weighted by Crippen LogP contribution is 2.33. The number of alkyl carbamates (subject to hydrolysis) is 1. The third kappa shape index (κ3) is 8.02. The highest BCUT2D eigenvalue weighted by molar-refractivity contribution is 5.67. The molecule has 0 aromatic rings. The minimum absolute atomic E-state index is 0.318. The van der Waals surface area contributed by atoms with E-state index in [2.05, 4.69) is 31.4 Å². The molecule has 0 aromatic heterocycles. The van der Waals surface area contributed by atoms with Gasteiger partial charge in [-0.15, -0.1) is 0 Å². The second kappa shape index (κ2) is 8.19. The Morgan fingerprint density at radius 2 is 1.95 bits per heavy atom. The molecule has 1 rings (SSSR count). The SMILES string of the molecule is CCC(CNC(=O)OC(C)(C)C)NC1CCCC(C)(C)CC1. The Labute approximate surface area is 136 Å². The molecule has 1 aliphatic carbocycles. The molecule has 4 heteroatoms. The van der Waals surface area contributed by atoms with E-state index in [9.17, 15) is 4.79 Å². The van der Waals surface area contributed by atoms with Crippen molar-refractivity contribution in [2.45, 2.75) is 97.8 Å². The first-order valence-electron chi connectivity index (χ1n) is 8.84. The minimum Gasteiger partial charge on any atom is -0.444 e. The van der Waals surface area contributed by atoms with Crippen LogP contribution in [0.2, 0.25) is 0 Å². The normalized spacial score (nSPS) is 23.5. The van der Waals surface area contributed by atoms with Crippen LogP contribution in [0.4, 0.5) is 4.79 Å². The van der Waals surface area contributed by atoms with Crippen LogP contribution < -0.4 is 10.6 Å². The van der Waals surface area contributed by atoms with E-state index in [1.165, 1.54) is 32.1 Å². The fourth-order valence-corrected chi connectivity index (χ4v) is 3.00. The van der Waals surface area contributed by atoms with E-state index in [-0.39, 0.29) is 6.09 Å².